The van der Waals surface area contributed by atoms with E-state index in [1.54, 1.807) is 41.8 Å². The van der Waals surface area contributed by atoms with Crippen molar-refractivity contribution in [3.63, 3.8) is 0 Å². The fourth-order valence-electron chi connectivity index (χ4n) is 2.64. The van der Waals surface area contributed by atoms with E-state index in [2.05, 4.69) is 10.4 Å². The lowest BCUT2D eigenvalue weighted by Gasteiger charge is -2.09. The first-order chi connectivity index (χ1) is 14.0. The fourth-order valence-corrected chi connectivity index (χ4v) is 3.49. The third-order valence-electron chi connectivity index (χ3n) is 4.06. The minimum atomic E-state index is -0.457. The van der Waals surface area contributed by atoms with Gasteiger partial charge in [0.05, 0.1) is 23.4 Å². The number of nitrogens with zero attached hydrogens (tertiary/aromatic N) is 3. The van der Waals surface area contributed by atoms with Crippen LogP contribution in [0.5, 0.6) is 5.75 Å². The Morgan fingerprint density at radius 2 is 1.90 bits per heavy atom. The third kappa shape index (κ3) is 5.35. The summed E-state index contributed by atoms with van der Waals surface area (Å²) in [7, 11) is 1.62. The van der Waals surface area contributed by atoms with Crippen LogP contribution in [0.15, 0.2) is 59.5 Å². The second-order valence-corrected chi connectivity index (χ2v) is 7.35. The van der Waals surface area contributed by atoms with E-state index in [1.165, 1.54) is 12.1 Å². The van der Waals surface area contributed by atoms with Crippen LogP contribution in [0, 0.1) is 17.0 Å². The van der Waals surface area contributed by atoms with Crippen molar-refractivity contribution in [2.75, 3.05) is 18.2 Å². The number of nitro groups is 1. The number of benzene rings is 2. The van der Waals surface area contributed by atoms with Crippen LogP contribution in [0.4, 0.5) is 11.5 Å². The number of ether oxygens (including phenoxy) is 1. The lowest BCUT2D eigenvalue weighted by molar-refractivity contribution is -0.384. The molecule has 1 aromatic heterocycles. The molecule has 150 valence electrons. The van der Waals surface area contributed by atoms with Crippen LogP contribution in [0.2, 0.25) is 0 Å². The molecule has 0 aliphatic rings. The Hall–Kier alpha value is -3.33. The van der Waals surface area contributed by atoms with Crippen molar-refractivity contribution in [2.24, 2.45) is 0 Å². The molecule has 0 atom stereocenters. The number of rotatable bonds is 8. The number of carbonyl (C=O) groups excluding carboxylic acids is 1. The van der Waals surface area contributed by atoms with E-state index in [0.29, 0.717) is 23.7 Å². The molecule has 0 saturated heterocycles. The molecule has 0 bridgehead atoms. The monoisotopic (exact) mass is 412 g/mol. The Balaban J connectivity index is 1.60. The second kappa shape index (κ2) is 9.24. The molecule has 1 N–H and O–H groups in total. The molecule has 0 spiro atoms. The van der Waals surface area contributed by atoms with Crippen molar-refractivity contribution in [1.82, 2.24) is 9.78 Å². The summed E-state index contributed by atoms with van der Waals surface area (Å²) < 4.78 is 6.69. The van der Waals surface area contributed by atoms with Gasteiger partial charge < -0.3 is 10.1 Å². The minimum absolute atomic E-state index is 0.00114. The van der Waals surface area contributed by atoms with Gasteiger partial charge in [-0.05, 0) is 43.3 Å². The molecule has 9 heteroatoms. The maximum atomic E-state index is 12.4. The molecular weight excluding hydrogens is 392 g/mol. The van der Waals surface area contributed by atoms with E-state index < -0.39 is 4.92 Å². The van der Waals surface area contributed by atoms with Gasteiger partial charge in [0.2, 0.25) is 5.91 Å². The summed E-state index contributed by atoms with van der Waals surface area (Å²) in [6.45, 7) is 1.82. The van der Waals surface area contributed by atoms with Crippen molar-refractivity contribution in [3.05, 3.63) is 70.4 Å². The highest BCUT2D eigenvalue weighted by atomic mass is 32.2. The van der Waals surface area contributed by atoms with Gasteiger partial charge in [-0.1, -0.05) is 0 Å². The molecule has 0 aliphatic heterocycles. The second-order valence-electron chi connectivity index (χ2n) is 6.18. The first-order valence-electron chi connectivity index (χ1n) is 8.84. The van der Waals surface area contributed by atoms with Crippen molar-refractivity contribution in [3.8, 4) is 11.4 Å². The molecule has 0 aliphatic carbocycles. The molecule has 0 fully saturated rings. The third-order valence-corrected chi connectivity index (χ3v) is 5.08. The summed E-state index contributed by atoms with van der Waals surface area (Å²) in [6.07, 6.45) is 0.335. The van der Waals surface area contributed by atoms with Gasteiger partial charge in [-0.3, -0.25) is 14.9 Å². The molecule has 3 rings (SSSR count). The van der Waals surface area contributed by atoms with Gasteiger partial charge in [-0.15, -0.1) is 11.8 Å². The Morgan fingerprint density at radius 3 is 2.52 bits per heavy atom. The first kappa shape index (κ1) is 20.4. The van der Waals surface area contributed by atoms with E-state index in [4.69, 9.17) is 4.74 Å². The largest absolute Gasteiger partial charge is 0.497 e. The molecule has 2 aromatic carbocycles. The number of carbonyl (C=O) groups is 1. The summed E-state index contributed by atoms with van der Waals surface area (Å²) in [6, 6.07) is 15.4. The van der Waals surface area contributed by atoms with Crippen LogP contribution in [-0.4, -0.2) is 33.5 Å². The summed E-state index contributed by atoms with van der Waals surface area (Å²) in [5, 5.41) is 18.1. The number of hydrogen-bond donors (Lipinski definition) is 1. The van der Waals surface area contributed by atoms with Gasteiger partial charge in [0.15, 0.2) is 0 Å². The highest BCUT2D eigenvalue weighted by molar-refractivity contribution is 7.99. The lowest BCUT2D eigenvalue weighted by Crippen LogP contribution is -2.15. The lowest BCUT2D eigenvalue weighted by atomic mass is 10.3. The number of amides is 1. The van der Waals surface area contributed by atoms with Crippen LogP contribution in [0.1, 0.15) is 12.1 Å². The number of aryl methyl sites for hydroxylation is 1. The van der Waals surface area contributed by atoms with Gasteiger partial charge in [-0.2, -0.15) is 5.10 Å². The zero-order valence-electron chi connectivity index (χ0n) is 16.0. The summed E-state index contributed by atoms with van der Waals surface area (Å²) in [4.78, 5) is 23.8. The van der Waals surface area contributed by atoms with Gasteiger partial charge in [0.25, 0.3) is 5.69 Å². The maximum absolute atomic E-state index is 12.4. The number of nitrogens with one attached hydrogen (secondary N) is 1. The average molecular weight is 412 g/mol. The normalized spacial score (nSPS) is 10.6. The molecule has 0 unspecified atom stereocenters. The van der Waals surface area contributed by atoms with Crippen LogP contribution >= 0.6 is 11.8 Å². The fraction of sp³-hybridized carbons (Fsp3) is 0.200. The zero-order valence-corrected chi connectivity index (χ0v) is 16.8. The van der Waals surface area contributed by atoms with Gasteiger partial charge in [0, 0.05) is 35.3 Å². The Labute approximate surface area is 172 Å². The van der Waals surface area contributed by atoms with E-state index in [-0.39, 0.29) is 11.6 Å². The van der Waals surface area contributed by atoms with E-state index in [9.17, 15) is 14.9 Å². The number of methoxy groups -OCH3 is 1. The highest BCUT2D eigenvalue weighted by Gasteiger charge is 2.12. The van der Waals surface area contributed by atoms with Crippen molar-refractivity contribution in [2.45, 2.75) is 18.2 Å². The smallest absolute Gasteiger partial charge is 0.269 e. The van der Waals surface area contributed by atoms with Crippen molar-refractivity contribution in [1.29, 1.82) is 0 Å². The van der Waals surface area contributed by atoms with Crippen LogP contribution in [0.25, 0.3) is 5.69 Å². The molecule has 8 nitrogen and oxygen atoms in total. The SMILES string of the molecule is COc1ccc(SCCC(=O)Nc2cc(C)nn2-c2ccc([N+](=O)[O-])cc2)cc1. The molecule has 0 radical (unpaired) electrons. The van der Waals surface area contributed by atoms with Gasteiger partial charge in [0.1, 0.15) is 11.6 Å². The number of thioether (sulfide) groups is 1. The van der Waals surface area contributed by atoms with Gasteiger partial charge >= 0.3 is 0 Å². The minimum Gasteiger partial charge on any atom is -0.497 e. The topological polar surface area (TPSA) is 99.3 Å². The summed E-state index contributed by atoms with van der Waals surface area (Å²) >= 11 is 1.59. The van der Waals surface area contributed by atoms with Crippen LogP contribution in [-0.2, 0) is 4.79 Å². The Morgan fingerprint density at radius 1 is 1.21 bits per heavy atom. The molecule has 1 heterocycles. The highest BCUT2D eigenvalue weighted by Crippen LogP contribution is 2.23. The molecule has 29 heavy (non-hydrogen) atoms. The Bertz CT molecular complexity index is 1000. The number of hydrogen-bond acceptors (Lipinski definition) is 6. The average Bonchev–Trinajstić information content (AvgIpc) is 3.08. The molecular formula is C20H20N4O4S. The Kier molecular flexibility index (Phi) is 6.50. The predicted octanol–water partition coefficient (Wildman–Crippen LogP) is 4.22. The first-order valence-corrected chi connectivity index (χ1v) is 9.83. The molecule has 3 aromatic rings. The zero-order chi connectivity index (χ0) is 20.8. The number of aromatic nitrogens is 2. The molecule has 1 amide bonds. The summed E-state index contributed by atoms with van der Waals surface area (Å²) in [5.41, 5.74) is 1.36. The quantitative estimate of drug-likeness (QED) is 0.338. The maximum Gasteiger partial charge on any atom is 0.269 e. The number of anilines is 1. The number of non-ortho nitro benzene ring substituents is 1. The van der Waals surface area contributed by atoms with Crippen molar-refractivity contribution < 1.29 is 14.5 Å². The van der Waals surface area contributed by atoms with Crippen LogP contribution < -0.4 is 10.1 Å². The van der Waals surface area contributed by atoms with E-state index in [0.717, 1.165) is 16.3 Å². The standard InChI is InChI=1S/C20H20N4O4S/c1-14-13-19(23(22-14)15-3-5-16(6-4-15)24(26)27)21-20(25)11-12-29-18-9-7-17(28-2)8-10-18/h3-10,13H,11-12H2,1-2H3,(H,21,25). The van der Waals surface area contributed by atoms with E-state index >= 15 is 0 Å². The summed E-state index contributed by atoms with van der Waals surface area (Å²) in [5.74, 6) is 1.81. The number of nitro benzene ring substituents is 1. The molecule has 0 saturated carbocycles. The van der Waals surface area contributed by atoms with Gasteiger partial charge in [-0.25, -0.2) is 4.68 Å². The van der Waals surface area contributed by atoms with E-state index in [1.807, 2.05) is 31.2 Å². The predicted molar refractivity (Wildman–Crippen MR) is 112 cm³/mol. The van der Waals surface area contributed by atoms with Crippen molar-refractivity contribution >= 4 is 29.2 Å². The van der Waals surface area contributed by atoms with Crippen LogP contribution in [0.3, 0.4) is 0 Å².